The minimum Gasteiger partial charge on any atom is -0.330 e. The summed E-state index contributed by atoms with van der Waals surface area (Å²) in [7, 11) is -1.89. The van der Waals surface area contributed by atoms with Crippen LogP contribution < -0.4 is 5.73 Å². The average Bonchev–Trinajstić information content (AvgIpc) is 2.82. The summed E-state index contributed by atoms with van der Waals surface area (Å²) in [5.74, 6) is 0. The van der Waals surface area contributed by atoms with Crippen LogP contribution in [0.15, 0.2) is 17.3 Å². The lowest BCUT2D eigenvalue weighted by molar-refractivity contribution is 0.216. The first-order chi connectivity index (χ1) is 9.10. The van der Waals surface area contributed by atoms with Crippen LogP contribution in [0.2, 0.25) is 0 Å². The summed E-state index contributed by atoms with van der Waals surface area (Å²) >= 11 is 0. The zero-order chi connectivity index (χ0) is 15.6. The smallest absolute Gasteiger partial charge is 0.246 e. The molecule has 2 N–H and O–H groups in total. The van der Waals surface area contributed by atoms with Gasteiger partial charge in [0.1, 0.15) is 4.90 Å². The van der Waals surface area contributed by atoms with Crippen LogP contribution in [0.25, 0.3) is 0 Å². The zero-order valence-electron chi connectivity index (χ0n) is 13.0. The Morgan fingerprint density at radius 3 is 2.55 bits per heavy atom. The molecule has 6 nitrogen and oxygen atoms in total. The van der Waals surface area contributed by atoms with Crippen molar-refractivity contribution in [3.8, 4) is 0 Å². The molecule has 0 bridgehead atoms. The maximum Gasteiger partial charge on any atom is 0.246 e. The molecule has 20 heavy (non-hydrogen) atoms. The molecular weight excluding hydrogens is 276 g/mol. The Morgan fingerprint density at radius 2 is 2.05 bits per heavy atom. The third-order valence-corrected chi connectivity index (χ3v) is 5.56. The van der Waals surface area contributed by atoms with Crippen molar-refractivity contribution in [3.63, 3.8) is 0 Å². The van der Waals surface area contributed by atoms with Crippen molar-refractivity contribution in [1.82, 2.24) is 14.1 Å². The van der Waals surface area contributed by atoms with E-state index in [-0.39, 0.29) is 16.4 Å². The van der Waals surface area contributed by atoms with Crippen molar-refractivity contribution >= 4 is 10.0 Å². The van der Waals surface area contributed by atoms with Gasteiger partial charge in [-0.05, 0) is 25.3 Å². The highest BCUT2D eigenvalue weighted by Gasteiger charge is 2.33. The first kappa shape index (κ1) is 17.1. The van der Waals surface area contributed by atoms with Gasteiger partial charge in [0.15, 0.2) is 0 Å². The third kappa shape index (κ3) is 3.80. The summed E-state index contributed by atoms with van der Waals surface area (Å²) in [5, 5.41) is 4.08. The van der Waals surface area contributed by atoms with Crippen molar-refractivity contribution < 1.29 is 8.42 Å². The molecule has 1 atom stereocenters. The van der Waals surface area contributed by atoms with Crippen LogP contribution in [0.1, 0.15) is 34.1 Å². The minimum absolute atomic E-state index is 0.111. The Bertz CT molecular complexity index is 531. The van der Waals surface area contributed by atoms with Crippen molar-refractivity contribution in [2.45, 2.75) is 51.6 Å². The molecule has 0 aromatic carbocycles. The Labute approximate surface area is 122 Å². The lowest BCUT2D eigenvalue weighted by Gasteiger charge is -2.34. The predicted octanol–water partition coefficient (Wildman–Crippen LogP) is 1.29. The molecule has 0 aliphatic carbocycles. The van der Waals surface area contributed by atoms with Crippen LogP contribution in [0.4, 0.5) is 0 Å². The van der Waals surface area contributed by atoms with E-state index in [1.807, 2.05) is 27.7 Å². The normalized spacial score (nSPS) is 14.8. The van der Waals surface area contributed by atoms with Gasteiger partial charge in [-0.2, -0.15) is 9.40 Å². The number of aromatic nitrogens is 2. The SMILES string of the molecule is CC(N(C)S(=O)(=O)c1cnn(CCCN)c1)C(C)(C)C. The van der Waals surface area contributed by atoms with Crippen LogP contribution >= 0.6 is 0 Å². The van der Waals surface area contributed by atoms with E-state index >= 15 is 0 Å². The molecule has 116 valence electrons. The van der Waals surface area contributed by atoms with Gasteiger partial charge in [-0.15, -0.1) is 0 Å². The lowest BCUT2D eigenvalue weighted by atomic mass is 9.88. The van der Waals surface area contributed by atoms with Gasteiger partial charge in [0.25, 0.3) is 0 Å². The van der Waals surface area contributed by atoms with Gasteiger partial charge in [0.2, 0.25) is 10.0 Å². The van der Waals surface area contributed by atoms with Gasteiger partial charge < -0.3 is 5.73 Å². The highest BCUT2D eigenvalue weighted by atomic mass is 32.2. The topological polar surface area (TPSA) is 81.2 Å². The Morgan fingerprint density at radius 1 is 1.45 bits per heavy atom. The number of aryl methyl sites for hydroxylation is 1. The summed E-state index contributed by atoms with van der Waals surface area (Å²) in [6.07, 6.45) is 3.74. The van der Waals surface area contributed by atoms with Gasteiger partial charge in [-0.1, -0.05) is 20.8 Å². The number of rotatable bonds is 6. The van der Waals surface area contributed by atoms with Crippen LogP contribution in [0, 0.1) is 5.41 Å². The van der Waals surface area contributed by atoms with Gasteiger partial charge in [0.05, 0.1) is 6.20 Å². The molecule has 1 aromatic heterocycles. The fourth-order valence-corrected chi connectivity index (χ4v) is 3.27. The maximum atomic E-state index is 12.6. The van der Waals surface area contributed by atoms with E-state index in [9.17, 15) is 8.42 Å². The van der Waals surface area contributed by atoms with Crippen molar-refractivity contribution in [2.75, 3.05) is 13.6 Å². The second kappa shape index (κ2) is 6.24. The van der Waals surface area contributed by atoms with Gasteiger partial charge in [-0.3, -0.25) is 4.68 Å². The van der Waals surface area contributed by atoms with Crippen molar-refractivity contribution in [1.29, 1.82) is 0 Å². The number of hydrogen-bond acceptors (Lipinski definition) is 4. The quantitative estimate of drug-likeness (QED) is 0.858. The summed E-state index contributed by atoms with van der Waals surface area (Å²) in [6.45, 7) is 9.17. The third-order valence-electron chi connectivity index (χ3n) is 3.68. The summed E-state index contributed by atoms with van der Waals surface area (Å²) in [5.41, 5.74) is 5.31. The summed E-state index contributed by atoms with van der Waals surface area (Å²) in [6, 6.07) is -0.111. The largest absolute Gasteiger partial charge is 0.330 e. The van der Waals surface area contributed by atoms with Crippen LogP contribution in [-0.4, -0.2) is 42.1 Å². The summed E-state index contributed by atoms with van der Waals surface area (Å²) < 4.78 is 28.1. The highest BCUT2D eigenvalue weighted by Crippen LogP contribution is 2.27. The second-order valence-corrected chi connectivity index (χ2v) is 8.14. The molecule has 1 aromatic rings. The fraction of sp³-hybridized carbons (Fsp3) is 0.769. The molecule has 1 heterocycles. The van der Waals surface area contributed by atoms with Gasteiger partial charge in [-0.25, -0.2) is 8.42 Å². The molecule has 0 saturated carbocycles. The number of hydrogen-bond donors (Lipinski definition) is 1. The van der Waals surface area contributed by atoms with Crippen LogP contribution in [-0.2, 0) is 16.6 Å². The van der Waals surface area contributed by atoms with Crippen LogP contribution in [0.3, 0.4) is 0 Å². The molecule has 0 spiro atoms. The molecule has 1 rings (SSSR count). The first-order valence-electron chi connectivity index (χ1n) is 6.81. The lowest BCUT2D eigenvalue weighted by Crippen LogP contribution is -2.42. The highest BCUT2D eigenvalue weighted by molar-refractivity contribution is 7.89. The molecule has 0 amide bonds. The standard InChI is InChI=1S/C13H26N4O2S/c1-11(13(2,3)4)16(5)20(18,19)12-9-15-17(10-12)8-6-7-14/h9-11H,6-8,14H2,1-5H3. The molecule has 7 heteroatoms. The van der Waals surface area contributed by atoms with E-state index in [0.29, 0.717) is 13.1 Å². The number of nitrogens with zero attached hydrogens (tertiary/aromatic N) is 3. The Balaban J connectivity index is 2.96. The second-order valence-electron chi connectivity index (χ2n) is 6.14. The molecule has 1 unspecified atom stereocenters. The zero-order valence-corrected chi connectivity index (χ0v) is 13.8. The Kier molecular flexibility index (Phi) is 5.34. The van der Waals surface area contributed by atoms with Gasteiger partial charge >= 0.3 is 0 Å². The average molecular weight is 302 g/mol. The molecule has 0 aliphatic rings. The Hall–Kier alpha value is -0.920. The maximum absolute atomic E-state index is 12.6. The van der Waals surface area contributed by atoms with E-state index in [1.165, 1.54) is 10.5 Å². The van der Waals surface area contributed by atoms with Gasteiger partial charge in [0, 0.05) is 25.8 Å². The molecule has 0 fully saturated rings. The van der Waals surface area contributed by atoms with E-state index in [4.69, 9.17) is 5.73 Å². The fourth-order valence-electron chi connectivity index (χ4n) is 1.77. The van der Waals surface area contributed by atoms with E-state index < -0.39 is 10.0 Å². The first-order valence-corrected chi connectivity index (χ1v) is 8.25. The van der Waals surface area contributed by atoms with E-state index in [0.717, 1.165) is 6.42 Å². The molecule has 0 saturated heterocycles. The minimum atomic E-state index is -3.51. The van der Waals surface area contributed by atoms with Crippen LogP contribution in [0.5, 0.6) is 0 Å². The van der Waals surface area contributed by atoms with Crippen molar-refractivity contribution in [3.05, 3.63) is 12.4 Å². The molecular formula is C13H26N4O2S. The van der Waals surface area contributed by atoms with E-state index in [2.05, 4.69) is 5.10 Å². The molecule has 0 aliphatic heterocycles. The van der Waals surface area contributed by atoms with Crippen molar-refractivity contribution in [2.24, 2.45) is 11.1 Å². The number of sulfonamides is 1. The predicted molar refractivity (Wildman–Crippen MR) is 79.8 cm³/mol. The monoisotopic (exact) mass is 302 g/mol. The van der Waals surface area contributed by atoms with E-state index in [1.54, 1.807) is 17.9 Å². The number of nitrogens with two attached hydrogens (primary N) is 1. The summed E-state index contributed by atoms with van der Waals surface area (Å²) in [4.78, 5) is 0.230. The molecule has 0 radical (unpaired) electrons.